The molecule has 0 saturated heterocycles. The summed E-state index contributed by atoms with van der Waals surface area (Å²) in [5, 5.41) is 9.58. The van der Waals surface area contributed by atoms with Crippen molar-refractivity contribution in [3.05, 3.63) is 30.3 Å². The number of amides is 1. The highest BCUT2D eigenvalue weighted by molar-refractivity contribution is 7.99. The van der Waals surface area contributed by atoms with Crippen LogP contribution in [0, 0.1) is 0 Å². The van der Waals surface area contributed by atoms with Crippen LogP contribution in [0.25, 0.3) is 0 Å². The first-order valence-corrected chi connectivity index (χ1v) is 9.76. The van der Waals surface area contributed by atoms with Crippen LogP contribution in [0.1, 0.15) is 32.6 Å². The van der Waals surface area contributed by atoms with Gasteiger partial charge in [-0.2, -0.15) is 0 Å². The number of nitrogens with one attached hydrogen (secondary N) is 3. The first-order chi connectivity index (χ1) is 11.8. The number of carbonyl (C=O) groups excluding carboxylic acids is 1. The van der Waals surface area contributed by atoms with Gasteiger partial charge >= 0.3 is 0 Å². The van der Waals surface area contributed by atoms with E-state index in [1.807, 2.05) is 17.8 Å². The summed E-state index contributed by atoms with van der Waals surface area (Å²) in [4.78, 5) is 17.4. The number of thioether (sulfide) groups is 1. The van der Waals surface area contributed by atoms with Gasteiger partial charge in [0.05, 0.1) is 0 Å². The maximum Gasteiger partial charge on any atom is 0.220 e. The Kier molecular flexibility index (Phi) is 8.52. The lowest BCUT2D eigenvalue weighted by Crippen LogP contribution is -2.38. The average Bonchev–Trinajstić information content (AvgIpc) is 3.40. The van der Waals surface area contributed by atoms with Gasteiger partial charge < -0.3 is 16.0 Å². The molecule has 5 nitrogen and oxygen atoms in total. The third-order valence-electron chi connectivity index (χ3n) is 3.52. The molecule has 132 valence electrons. The van der Waals surface area contributed by atoms with Crippen LogP contribution < -0.4 is 16.0 Å². The second kappa shape index (κ2) is 11.0. The minimum atomic E-state index is 0.157. The van der Waals surface area contributed by atoms with Crippen molar-refractivity contribution in [2.24, 2.45) is 4.99 Å². The molecule has 0 aliphatic heterocycles. The zero-order valence-electron chi connectivity index (χ0n) is 14.4. The predicted molar refractivity (Wildman–Crippen MR) is 102 cm³/mol. The lowest BCUT2D eigenvalue weighted by atomic mass is 10.3. The van der Waals surface area contributed by atoms with Gasteiger partial charge in [0.1, 0.15) is 0 Å². The molecule has 0 unspecified atom stereocenters. The molecule has 6 heteroatoms. The molecule has 1 amide bonds. The minimum absolute atomic E-state index is 0.157. The van der Waals surface area contributed by atoms with E-state index in [4.69, 9.17) is 0 Å². The average molecular weight is 349 g/mol. The number of nitrogens with zero attached hydrogens (tertiary/aromatic N) is 1. The summed E-state index contributed by atoms with van der Waals surface area (Å²) in [6, 6.07) is 10.8. The van der Waals surface area contributed by atoms with E-state index >= 15 is 0 Å². The van der Waals surface area contributed by atoms with Gasteiger partial charge in [0.2, 0.25) is 5.91 Å². The van der Waals surface area contributed by atoms with Crippen molar-refractivity contribution < 1.29 is 4.79 Å². The SMILES string of the molecule is CCNC(=NCCCC(=O)NC1CC1)NCCSc1ccccc1. The summed E-state index contributed by atoms with van der Waals surface area (Å²) in [6.45, 7) is 4.41. The molecule has 1 fully saturated rings. The molecule has 1 aromatic carbocycles. The monoisotopic (exact) mass is 348 g/mol. The lowest BCUT2D eigenvalue weighted by Gasteiger charge is -2.11. The molecule has 1 aliphatic rings. The van der Waals surface area contributed by atoms with E-state index in [0.29, 0.717) is 19.0 Å². The highest BCUT2D eigenvalue weighted by atomic mass is 32.2. The summed E-state index contributed by atoms with van der Waals surface area (Å²) in [6.07, 6.45) is 3.62. The highest BCUT2D eigenvalue weighted by Crippen LogP contribution is 2.18. The van der Waals surface area contributed by atoms with E-state index in [2.05, 4.69) is 52.1 Å². The number of benzene rings is 1. The highest BCUT2D eigenvalue weighted by Gasteiger charge is 2.22. The zero-order valence-corrected chi connectivity index (χ0v) is 15.2. The molecule has 1 aliphatic carbocycles. The van der Waals surface area contributed by atoms with Crippen LogP contribution in [-0.4, -0.2) is 43.3 Å². The van der Waals surface area contributed by atoms with Gasteiger partial charge in [-0.3, -0.25) is 9.79 Å². The van der Waals surface area contributed by atoms with Crippen molar-refractivity contribution in [3.8, 4) is 0 Å². The third-order valence-corrected chi connectivity index (χ3v) is 4.54. The Morgan fingerprint density at radius 1 is 1.25 bits per heavy atom. The first kappa shape index (κ1) is 18.6. The van der Waals surface area contributed by atoms with Crippen molar-refractivity contribution >= 4 is 23.6 Å². The maximum absolute atomic E-state index is 11.6. The van der Waals surface area contributed by atoms with Gasteiger partial charge in [-0.05, 0) is 38.3 Å². The van der Waals surface area contributed by atoms with E-state index in [1.165, 1.54) is 4.90 Å². The van der Waals surface area contributed by atoms with Crippen molar-refractivity contribution in [1.82, 2.24) is 16.0 Å². The fraction of sp³-hybridized carbons (Fsp3) is 0.556. The Bertz CT molecular complexity index is 517. The van der Waals surface area contributed by atoms with Crippen LogP contribution in [-0.2, 0) is 4.79 Å². The van der Waals surface area contributed by atoms with Crippen molar-refractivity contribution in [1.29, 1.82) is 0 Å². The molecular weight excluding hydrogens is 320 g/mol. The summed E-state index contributed by atoms with van der Waals surface area (Å²) in [5.41, 5.74) is 0. The standard InChI is InChI=1S/C18H28N4OS/c1-2-19-18(20-12-6-9-17(23)22-15-10-11-15)21-13-14-24-16-7-4-3-5-8-16/h3-5,7-8,15H,2,6,9-14H2,1H3,(H,22,23)(H2,19,20,21). The Hall–Kier alpha value is -1.69. The molecule has 24 heavy (non-hydrogen) atoms. The van der Waals surface area contributed by atoms with E-state index in [1.54, 1.807) is 0 Å². The largest absolute Gasteiger partial charge is 0.357 e. The van der Waals surface area contributed by atoms with Gasteiger partial charge in [0.15, 0.2) is 5.96 Å². The molecule has 0 radical (unpaired) electrons. The molecule has 0 heterocycles. The van der Waals surface area contributed by atoms with E-state index in [-0.39, 0.29) is 5.91 Å². The summed E-state index contributed by atoms with van der Waals surface area (Å²) < 4.78 is 0. The van der Waals surface area contributed by atoms with Crippen LogP contribution in [0.2, 0.25) is 0 Å². The minimum Gasteiger partial charge on any atom is -0.357 e. The quantitative estimate of drug-likeness (QED) is 0.263. The van der Waals surface area contributed by atoms with Crippen LogP contribution in [0.5, 0.6) is 0 Å². The van der Waals surface area contributed by atoms with Crippen LogP contribution in [0.4, 0.5) is 0 Å². The molecule has 1 saturated carbocycles. The summed E-state index contributed by atoms with van der Waals surface area (Å²) in [5.74, 6) is 1.97. The Labute approximate surface area is 149 Å². The fourth-order valence-corrected chi connectivity index (χ4v) is 2.94. The Morgan fingerprint density at radius 2 is 2.04 bits per heavy atom. The smallest absolute Gasteiger partial charge is 0.220 e. The van der Waals surface area contributed by atoms with Crippen LogP contribution in [0.3, 0.4) is 0 Å². The number of aliphatic imine (C=N–C) groups is 1. The van der Waals surface area contributed by atoms with Gasteiger partial charge in [0, 0.05) is 42.7 Å². The van der Waals surface area contributed by atoms with E-state index in [0.717, 1.165) is 44.1 Å². The Balaban J connectivity index is 1.59. The number of carbonyl (C=O) groups is 1. The van der Waals surface area contributed by atoms with Gasteiger partial charge in [-0.15, -0.1) is 11.8 Å². The normalized spacial score (nSPS) is 14.3. The van der Waals surface area contributed by atoms with Crippen molar-refractivity contribution in [2.75, 3.05) is 25.4 Å². The number of hydrogen-bond donors (Lipinski definition) is 3. The molecule has 0 aromatic heterocycles. The summed E-state index contributed by atoms with van der Waals surface area (Å²) >= 11 is 1.83. The first-order valence-electron chi connectivity index (χ1n) is 8.77. The molecule has 3 N–H and O–H groups in total. The van der Waals surface area contributed by atoms with Crippen LogP contribution >= 0.6 is 11.8 Å². The molecule has 0 spiro atoms. The van der Waals surface area contributed by atoms with Crippen LogP contribution in [0.15, 0.2) is 40.2 Å². The second-order valence-corrected chi connectivity index (χ2v) is 6.96. The second-order valence-electron chi connectivity index (χ2n) is 5.79. The van der Waals surface area contributed by atoms with Crippen molar-refractivity contribution in [2.45, 2.75) is 43.5 Å². The maximum atomic E-state index is 11.6. The molecule has 0 atom stereocenters. The Morgan fingerprint density at radius 3 is 2.75 bits per heavy atom. The molecular formula is C18H28N4OS. The van der Waals surface area contributed by atoms with Crippen molar-refractivity contribution in [3.63, 3.8) is 0 Å². The fourth-order valence-electron chi connectivity index (χ4n) is 2.15. The number of hydrogen-bond acceptors (Lipinski definition) is 3. The van der Waals surface area contributed by atoms with E-state index in [9.17, 15) is 4.79 Å². The summed E-state index contributed by atoms with van der Waals surface area (Å²) in [7, 11) is 0. The number of rotatable bonds is 10. The zero-order chi connectivity index (χ0) is 17.0. The molecule has 1 aromatic rings. The van der Waals surface area contributed by atoms with E-state index < -0.39 is 0 Å². The van der Waals surface area contributed by atoms with Gasteiger partial charge in [0.25, 0.3) is 0 Å². The topological polar surface area (TPSA) is 65.5 Å². The predicted octanol–water partition coefficient (Wildman–Crippen LogP) is 2.39. The van der Waals surface area contributed by atoms with Gasteiger partial charge in [-0.25, -0.2) is 0 Å². The molecule has 2 rings (SSSR count). The number of guanidine groups is 1. The lowest BCUT2D eigenvalue weighted by molar-refractivity contribution is -0.121. The third kappa shape index (κ3) is 8.24. The van der Waals surface area contributed by atoms with Gasteiger partial charge in [-0.1, -0.05) is 18.2 Å². The molecule has 0 bridgehead atoms.